The molecule has 0 aromatic heterocycles. The van der Waals surface area contributed by atoms with Crippen LogP contribution in [0.15, 0.2) is 18.2 Å². The average Bonchev–Trinajstić information content (AvgIpc) is 2.72. The molecular formula is C13H19N5O3. The predicted molar refractivity (Wildman–Crippen MR) is 80.0 cm³/mol. The number of nitrogens with two attached hydrogens (primary N) is 1. The number of rotatable bonds is 3. The van der Waals surface area contributed by atoms with Crippen molar-refractivity contribution in [1.29, 1.82) is 0 Å². The number of nitrogen functional groups attached to an aromatic ring is 1. The lowest BCUT2D eigenvalue weighted by Crippen LogP contribution is -2.33. The molecule has 1 aliphatic rings. The molecule has 0 radical (unpaired) electrons. The van der Waals surface area contributed by atoms with Gasteiger partial charge in [-0.25, -0.2) is 0 Å². The van der Waals surface area contributed by atoms with E-state index in [9.17, 15) is 14.9 Å². The number of hydrazine groups is 1. The molecule has 8 nitrogen and oxygen atoms in total. The van der Waals surface area contributed by atoms with Crippen LogP contribution < -0.4 is 16.2 Å². The predicted octanol–water partition coefficient (Wildman–Crippen LogP) is 0.939. The summed E-state index contributed by atoms with van der Waals surface area (Å²) >= 11 is 0. The number of nitrogens with one attached hydrogen (secondary N) is 1. The summed E-state index contributed by atoms with van der Waals surface area (Å²) in [6.45, 7) is 4.27. The third kappa shape index (κ3) is 3.60. The Kier molecular flexibility index (Phi) is 4.59. The number of anilines is 2. The molecule has 0 atom stereocenters. The van der Waals surface area contributed by atoms with Gasteiger partial charge in [0.05, 0.1) is 10.6 Å². The van der Waals surface area contributed by atoms with Gasteiger partial charge >= 0.3 is 0 Å². The summed E-state index contributed by atoms with van der Waals surface area (Å²) in [4.78, 5) is 25.8. The molecule has 0 aliphatic carbocycles. The van der Waals surface area contributed by atoms with E-state index in [1.54, 1.807) is 17.9 Å². The van der Waals surface area contributed by atoms with Crippen LogP contribution in [0.4, 0.5) is 17.1 Å². The number of benzene rings is 1. The summed E-state index contributed by atoms with van der Waals surface area (Å²) in [5, 5.41) is 11.0. The first-order valence-corrected chi connectivity index (χ1v) is 6.78. The second-order valence-electron chi connectivity index (χ2n) is 4.99. The maximum Gasteiger partial charge on any atom is 0.273 e. The first-order chi connectivity index (χ1) is 10.0. The fourth-order valence-corrected chi connectivity index (χ4v) is 2.46. The van der Waals surface area contributed by atoms with Gasteiger partial charge in [-0.15, -0.1) is 0 Å². The quantitative estimate of drug-likeness (QED) is 0.488. The van der Waals surface area contributed by atoms with Gasteiger partial charge in [-0.2, -0.15) is 0 Å². The zero-order valence-electron chi connectivity index (χ0n) is 11.9. The van der Waals surface area contributed by atoms with Gasteiger partial charge in [0.2, 0.25) is 5.91 Å². The highest BCUT2D eigenvalue weighted by molar-refractivity contribution is 5.73. The maximum atomic E-state index is 11.4. The van der Waals surface area contributed by atoms with Gasteiger partial charge in [-0.1, -0.05) is 0 Å². The summed E-state index contributed by atoms with van der Waals surface area (Å²) in [5.74, 6) is 5.42. The highest BCUT2D eigenvalue weighted by atomic mass is 16.6. The van der Waals surface area contributed by atoms with E-state index in [0.29, 0.717) is 25.3 Å². The average molecular weight is 293 g/mol. The van der Waals surface area contributed by atoms with E-state index < -0.39 is 4.92 Å². The van der Waals surface area contributed by atoms with Crippen molar-refractivity contribution in [2.24, 2.45) is 5.84 Å². The normalized spacial score (nSPS) is 15.5. The minimum atomic E-state index is -0.440. The molecule has 0 saturated carbocycles. The van der Waals surface area contributed by atoms with Crippen LogP contribution in [0.1, 0.15) is 13.3 Å². The first-order valence-electron chi connectivity index (χ1n) is 6.78. The monoisotopic (exact) mass is 293 g/mol. The Hall–Kier alpha value is -2.35. The molecule has 114 valence electrons. The summed E-state index contributed by atoms with van der Waals surface area (Å²) in [6, 6.07) is 4.70. The number of hydrogen-bond acceptors (Lipinski definition) is 6. The molecule has 1 heterocycles. The molecule has 21 heavy (non-hydrogen) atoms. The number of amides is 1. The minimum absolute atomic E-state index is 0.00637. The summed E-state index contributed by atoms with van der Waals surface area (Å²) in [5.41, 5.74) is 3.67. The molecule has 1 amide bonds. The number of nitro groups is 1. The molecular weight excluding hydrogens is 274 g/mol. The second-order valence-corrected chi connectivity index (χ2v) is 4.99. The molecule has 0 bridgehead atoms. The van der Waals surface area contributed by atoms with E-state index in [1.165, 1.54) is 12.1 Å². The summed E-state index contributed by atoms with van der Waals surface area (Å²) < 4.78 is 0. The fraction of sp³-hybridized carbons (Fsp3) is 0.462. The van der Waals surface area contributed by atoms with Crippen LogP contribution in [0.5, 0.6) is 0 Å². The highest BCUT2D eigenvalue weighted by Crippen LogP contribution is 2.27. The van der Waals surface area contributed by atoms with Crippen molar-refractivity contribution in [3.8, 4) is 0 Å². The molecule has 3 N–H and O–H groups in total. The Labute approximate surface area is 122 Å². The van der Waals surface area contributed by atoms with Crippen LogP contribution in [0.3, 0.4) is 0 Å². The standard InChI is InChI=1S/C13H19N5O3/c1-10(19)16-3-2-4-17(6-5-16)12-7-11(15-14)8-13(9-12)18(20)21/h7-9,15H,2-6,14H2,1H3. The third-order valence-corrected chi connectivity index (χ3v) is 3.59. The Morgan fingerprint density at radius 1 is 1.29 bits per heavy atom. The maximum absolute atomic E-state index is 11.4. The van der Waals surface area contributed by atoms with Crippen molar-refractivity contribution in [3.63, 3.8) is 0 Å². The molecule has 1 aromatic rings. The molecule has 1 saturated heterocycles. The number of carbonyl (C=O) groups is 1. The SMILES string of the molecule is CC(=O)N1CCCN(c2cc(NN)cc([N+](=O)[O-])c2)CC1. The van der Waals surface area contributed by atoms with Crippen LogP contribution in [0.2, 0.25) is 0 Å². The minimum Gasteiger partial charge on any atom is -0.369 e. The van der Waals surface area contributed by atoms with Crippen LogP contribution >= 0.6 is 0 Å². The van der Waals surface area contributed by atoms with Gasteiger partial charge in [0.25, 0.3) is 5.69 Å². The molecule has 2 rings (SSSR count). The van der Waals surface area contributed by atoms with Crippen molar-refractivity contribution in [1.82, 2.24) is 4.90 Å². The van der Waals surface area contributed by atoms with E-state index >= 15 is 0 Å². The zero-order valence-corrected chi connectivity index (χ0v) is 11.9. The van der Waals surface area contributed by atoms with Crippen molar-refractivity contribution in [2.45, 2.75) is 13.3 Å². The van der Waals surface area contributed by atoms with Gasteiger partial charge in [-0.3, -0.25) is 20.8 Å². The number of hydrogen-bond donors (Lipinski definition) is 2. The van der Waals surface area contributed by atoms with E-state index in [2.05, 4.69) is 5.43 Å². The van der Waals surface area contributed by atoms with Gasteiger partial charge in [0.15, 0.2) is 0 Å². The van der Waals surface area contributed by atoms with E-state index in [1.807, 2.05) is 4.90 Å². The summed E-state index contributed by atoms with van der Waals surface area (Å²) in [7, 11) is 0. The Morgan fingerprint density at radius 2 is 2.05 bits per heavy atom. The fourth-order valence-electron chi connectivity index (χ4n) is 2.46. The third-order valence-electron chi connectivity index (χ3n) is 3.59. The smallest absolute Gasteiger partial charge is 0.273 e. The molecule has 8 heteroatoms. The molecule has 0 spiro atoms. The Bertz CT molecular complexity index is 549. The van der Waals surface area contributed by atoms with E-state index in [-0.39, 0.29) is 11.6 Å². The van der Waals surface area contributed by atoms with E-state index in [4.69, 9.17) is 5.84 Å². The van der Waals surface area contributed by atoms with Crippen molar-refractivity contribution < 1.29 is 9.72 Å². The summed E-state index contributed by atoms with van der Waals surface area (Å²) in [6.07, 6.45) is 0.827. The van der Waals surface area contributed by atoms with Crippen LogP contribution in [-0.2, 0) is 4.79 Å². The largest absolute Gasteiger partial charge is 0.369 e. The number of nitrogens with zero attached hydrogens (tertiary/aromatic N) is 3. The highest BCUT2D eigenvalue weighted by Gasteiger charge is 2.19. The van der Waals surface area contributed by atoms with Gasteiger partial charge < -0.3 is 15.2 Å². The van der Waals surface area contributed by atoms with Crippen molar-refractivity contribution >= 4 is 23.0 Å². The second kappa shape index (κ2) is 6.40. The topological polar surface area (TPSA) is 105 Å². The molecule has 1 aromatic carbocycles. The lowest BCUT2D eigenvalue weighted by atomic mass is 10.2. The van der Waals surface area contributed by atoms with Crippen LogP contribution in [-0.4, -0.2) is 41.9 Å². The van der Waals surface area contributed by atoms with Crippen molar-refractivity contribution in [3.05, 3.63) is 28.3 Å². The number of non-ortho nitro benzene ring substituents is 1. The Balaban J connectivity index is 2.22. The molecule has 1 aliphatic heterocycles. The van der Waals surface area contributed by atoms with Crippen molar-refractivity contribution in [2.75, 3.05) is 36.5 Å². The zero-order chi connectivity index (χ0) is 15.4. The van der Waals surface area contributed by atoms with Gasteiger partial charge in [0.1, 0.15) is 0 Å². The number of nitro benzene ring substituents is 1. The lowest BCUT2D eigenvalue weighted by molar-refractivity contribution is -0.384. The van der Waals surface area contributed by atoms with Gasteiger partial charge in [0, 0.05) is 50.9 Å². The van der Waals surface area contributed by atoms with Gasteiger partial charge in [-0.05, 0) is 12.5 Å². The lowest BCUT2D eigenvalue weighted by Gasteiger charge is -2.23. The van der Waals surface area contributed by atoms with E-state index in [0.717, 1.165) is 18.7 Å². The molecule has 0 unspecified atom stereocenters. The Morgan fingerprint density at radius 3 is 2.67 bits per heavy atom. The first kappa shape index (κ1) is 15.0. The molecule has 1 fully saturated rings. The number of carbonyl (C=O) groups excluding carboxylic acids is 1. The van der Waals surface area contributed by atoms with Crippen LogP contribution in [0.25, 0.3) is 0 Å². The van der Waals surface area contributed by atoms with Crippen LogP contribution in [0, 0.1) is 10.1 Å².